The van der Waals surface area contributed by atoms with Gasteiger partial charge in [-0.3, -0.25) is 0 Å². The fourth-order valence-electron chi connectivity index (χ4n) is 2.72. The van der Waals surface area contributed by atoms with Gasteiger partial charge in [-0.05, 0) is 38.3 Å². The van der Waals surface area contributed by atoms with Crippen LogP contribution in [0.4, 0.5) is 4.79 Å². The van der Waals surface area contributed by atoms with Crippen LogP contribution in [0.15, 0.2) is 29.2 Å². The second-order valence-corrected chi connectivity index (χ2v) is 8.01. The molecule has 1 atom stereocenters. The Balaban J connectivity index is 1.69. The molecule has 25 heavy (non-hydrogen) atoms. The number of urea groups is 1. The maximum atomic E-state index is 12.1. The van der Waals surface area contributed by atoms with Crippen LogP contribution in [0.3, 0.4) is 0 Å². The largest absolute Gasteiger partial charge is 0.380 e. The molecule has 2 rings (SSSR count). The summed E-state index contributed by atoms with van der Waals surface area (Å²) < 4.78 is 32.1. The van der Waals surface area contributed by atoms with E-state index in [4.69, 9.17) is 4.74 Å². The molecule has 1 aliphatic rings. The van der Waals surface area contributed by atoms with E-state index in [1.807, 2.05) is 6.92 Å². The molecule has 1 saturated heterocycles. The quantitative estimate of drug-likeness (QED) is 0.713. The summed E-state index contributed by atoms with van der Waals surface area (Å²) in [5.41, 5.74) is 1.01. The number of carbonyl (C=O) groups is 1. The zero-order valence-electron chi connectivity index (χ0n) is 14.8. The number of hydrogen-bond donors (Lipinski definition) is 2. The van der Waals surface area contributed by atoms with Crippen molar-refractivity contribution in [2.75, 3.05) is 33.3 Å². The average molecular weight is 369 g/mol. The minimum Gasteiger partial charge on any atom is -0.380 e. The summed E-state index contributed by atoms with van der Waals surface area (Å²) in [5.74, 6) is 0. The molecule has 140 valence electrons. The van der Waals surface area contributed by atoms with Crippen LogP contribution in [0.25, 0.3) is 0 Å². The summed E-state index contributed by atoms with van der Waals surface area (Å²) in [6.07, 6.45) is 2.53. The van der Waals surface area contributed by atoms with Crippen molar-refractivity contribution in [1.29, 1.82) is 0 Å². The predicted octanol–water partition coefficient (Wildman–Crippen LogP) is 1.48. The van der Waals surface area contributed by atoms with Crippen molar-refractivity contribution in [3.05, 3.63) is 29.8 Å². The lowest BCUT2D eigenvalue weighted by atomic mass is 10.1. The summed E-state index contributed by atoms with van der Waals surface area (Å²) in [4.78, 5) is 14.1. The lowest BCUT2D eigenvalue weighted by Gasteiger charge is -2.31. The van der Waals surface area contributed by atoms with Gasteiger partial charge in [0.1, 0.15) is 0 Å². The zero-order chi connectivity index (χ0) is 18.3. The van der Waals surface area contributed by atoms with Crippen molar-refractivity contribution in [1.82, 2.24) is 14.9 Å². The van der Waals surface area contributed by atoms with E-state index in [1.54, 1.807) is 36.3 Å². The molecule has 7 nitrogen and oxygen atoms in total. The summed E-state index contributed by atoms with van der Waals surface area (Å²) in [7, 11) is -1.84. The van der Waals surface area contributed by atoms with Crippen molar-refractivity contribution in [2.24, 2.45) is 0 Å². The molecule has 1 fully saturated rings. The standard InChI is InChI=1S/C17H27N3O4S/c1-14-6-8-16(9-7-14)25(22,23)19-11-4-10-18-17(21)20-12-3-5-15(13-20)24-2/h6-9,15,19H,3-5,10-13H2,1-2H3,(H,18,21)/t15-/m1/s1. The van der Waals surface area contributed by atoms with Crippen molar-refractivity contribution in [3.8, 4) is 0 Å². The second-order valence-electron chi connectivity index (χ2n) is 6.24. The van der Waals surface area contributed by atoms with Gasteiger partial charge < -0.3 is 15.0 Å². The van der Waals surface area contributed by atoms with Crippen LogP contribution in [0, 0.1) is 6.92 Å². The number of rotatable bonds is 7. The van der Waals surface area contributed by atoms with Crippen LogP contribution in [0.1, 0.15) is 24.8 Å². The van der Waals surface area contributed by atoms with Crippen LogP contribution in [-0.2, 0) is 14.8 Å². The highest BCUT2D eigenvalue weighted by atomic mass is 32.2. The van der Waals surface area contributed by atoms with E-state index in [0.717, 1.165) is 24.9 Å². The number of hydrogen-bond acceptors (Lipinski definition) is 4. The Labute approximate surface area is 149 Å². The molecular formula is C17H27N3O4S. The number of amides is 2. The Morgan fingerprint density at radius 3 is 2.68 bits per heavy atom. The first-order valence-corrected chi connectivity index (χ1v) is 10.0. The highest BCUT2D eigenvalue weighted by molar-refractivity contribution is 7.89. The number of nitrogens with zero attached hydrogens (tertiary/aromatic N) is 1. The van der Waals surface area contributed by atoms with Crippen LogP contribution in [0.5, 0.6) is 0 Å². The number of sulfonamides is 1. The Bertz CT molecular complexity index is 661. The Morgan fingerprint density at radius 2 is 2.00 bits per heavy atom. The molecule has 2 N–H and O–H groups in total. The van der Waals surface area contributed by atoms with Crippen molar-refractivity contribution in [2.45, 2.75) is 37.2 Å². The molecule has 0 aromatic heterocycles. The number of aryl methyl sites for hydroxylation is 1. The third-order valence-electron chi connectivity index (χ3n) is 4.25. The monoisotopic (exact) mass is 369 g/mol. The Kier molecular flexibility index (Phi) is 7.22. The fourth-order valence-corrected chi connectivity index (χ4v) is 3.79. The van der Waals surface area contributed by atoms with E-state index in [9.17, 15) is 13.2 Å². The smallest absolute Gasteiger partial charge is 0.317 e. The molecule has 1 aromatic carbocycles. The molecule has 1 aromatic rings. The second kappa shape index (κ2) is 9.17. The summed E-state index contributed by atoms with van der Waals surface area (Å²) in [5, 5.41) is 2.83. The van der Waals surface area contributed by atoms with Gasteiger partial charge in [-0.15, -0.1) is 0 Å². The van der Waals surface area contributed by atoms with E-state index in [0.29, 0.717) is 19.5 Å². The van der Waals surface area contributed by atoms with Gasteiger partial charge in [0.25, 0.3) is 0 Å². The third kappa shape index (κ3) is 5.98. The molecule has 0 spiro atoms. The van der Waals surface area contributed by atoms with E-state index in [-0.39, 0.29) is 23.6 Å². The fraction of sp³-hybridized carbons (Fsp3) is 0.588. The zero-order valence-corrected chi connectivity index (χ0v) is 15.6. The van der Waals surface area contributed by atoms with Crippen molar-refractivity contribution in [3.63, 3.8) is 0 Å². The molecular weight excluding hydrogens is 342 g/mol. The van der Waals surface area contributed by atoms with Gasteiger partial charge >= 0.3 is 6.03 Å². The van der Waals surface area contributed by atoms with Gasteiger partial charge in [-0.25, -0.2) is 17.9 Å². The molecule has 2 amide bonds. The Morgan fingerprint density at radius 1 is 1.28 bits per heavy atom. The number of ether oxygens (including phenoxy) is 1. The molecule has 0 radical (unpaired) electrons. The molecule has 0 bridgehead atoms. The van der Waals surface area contributed by atoms with Gasteiger partial charge in [0.2, 0.25) is 10.0 Å². The lowest BCUT2D eigenvalue weighted by Crippen LogP contribution is -2.48. The number of nitrogens with one attached hydrogen (secondary N) is 2. The van der Waals surface area contributed by atoms with E-state index >= 15 is 0 Å². The van der Waals surface area contributed by atoms with Crippen LogP contribution < -0.4 is 10.0 Å². The number of likely N-dealkylation sites (tertiary alicyclic amines) is 1. The number of benzene rings is 1. The molecule has 1 aliphatic heterocycles. The summed E-state index contributed by atoms with van der Waals surface area (Å²) >= 11 is 0. The maximum absolute atomic E-state index is 12.1. The minimum absolute atomic E-state index is 0.0980. The summed E-state index contributed by atoms with van der Waals surface area (Å²) in [6.45, 7) is 3.93. The van der Waals surface area contributed by atoms with Crippen LogP contribution >= 0.6 is 0 Å². The van der Waals surface area contributed by atoms with Gasteiger partial charge in [0.05, 0.1) is 11.0 Å². The van der Waals surface area contributed by atoms with Crippen molar-refractivity contribution < 1.29 is 17.9 Å². The SMILES string of the molecule is CO[C@@H]1CCCN(C(=O)NCCCNS(=O)(=O)c2ccc(C)cc2)C1. The van der Waals surface area contributed by atoms with E-state index in [1.165, 1.54) is 0 Å². The molecule has 0 aliphatic carbocycles. The normalized spacial score (nSPS) is 18.2. The number of methoxy groups -OCH3 is 1. The average Bonchev–Trinajstić information content (AvgIpc) is 2.61. The molecule has 8 heteroatoms. The van der Waals surface area contributed by atoms with Gasteiger partial charge in [0.15, 0.2) is 0 Å². The first-order chi connectivity index (χ1) is 11.9. The highest BCUT2D eigenvalue weighted by Gasteiger charge is 2.23. The first-order valence-electron chi connectivity index (χ1n) is 8.54. The van der Waals surface area contributed by atoms with E-state index in [2.05, 4.69) is 10.0 Å². The number of piperidine rings is 1. The van der Waals surface area contributed by atoms with Crippen molar-refractivity contribution >= 4 is 16.1 Å². The molecule has 0 saturated carbocycles. The highest BCUT2D eigenvalue weighted by Crippen LogP contribution is 2.12. The lowest BCUT2D eigenvalue weighted by molar-refractivity contribution is 0.0435. The minimum atomic E-state index is -3.50. The molecule has 1 heterocycles. The van der Waals surface area contributed by atoms with Crippen LogP contribution in [0.2, 0.25) is 0 Å². The topological polar surface area (TPSA) is 87.7 Å². The van der Waals surface area contributed by atoms with Gasteiger partial charge in [-0.2, -0.15) is 0 Å². The molecule has 0 unspecified atom stereocenters. The Hall–Kier alpha value is -1.64. The van der Waals surface area contributed by atoms with Crippen LogP contribution in [-0.4, -0.2) is 58.7 Å². The summed E-state index contributed by atoms with van der Waals surface area (Å²) in [6, 6.07) is 6.58. The van der Waals surface area contributed by atoms with Gasteiger partial charge in [-0.1, -0.05) is 17.7 Å². The third-order valence-corrected chi connectivity index (χ3v) is 5.73. The first kappa shape index (κ1) is 19.7. The predicted molar refractivity (Wildman–Crippen MR) is 96.0 cm³/mol. The maximum Gasteiger partial charge on any atom is 0.317 e. The number of carbonyl (C=O) groups excluding carboxylic acids is 1. The van der Waals surface area contributed by atoms with E-state index < -0.39 is 10.0 Å². The van der Waals surface area contributed by atoms with Gasteiger partial charge in [0, 0.05) is 33.3 Å².